The third-order valence-electron chi connectivity index (χ3n) is 4.35. The fraction of sp³-hybridized carbons (Fsp3) is 0.158. The number of para-hydroxylation sites is 1. The van der Waals surface area contributed by atoms with Crippen molar-refractivity contribution in [2.24, 2.45) is 0 Å². The molecule has 1 aliphatic carbocycles. The van der Waals surface area contributed by atoms with E-state index in [1.165, 1.54) is 11.1 Å². The van der Waals surface area contributed by atoms with E-state index in [0.29, 0.717) is 12.2 Å². The molecule has 1 atom stereocenters. The van der Waals surface area contributed by atoms with Crippen molar-refractivity contribution in [1.82, 2.24) is 4.98 Å². The minimum atomic E-state index is 0.0770. The number of rotatable bonds is 3. The first kappa shape index (κ1) is 12.3. The summed E-state index contributed by atoms with van der Waals surface area (Å²) in [6.45, 7) is 0. The highest BCUT2D eigenvalue weighted by Gasteiger charge is 2.31. The summed E-state index contributed by atoms with van der Waals surface area (Å²) in [5.41, 5.74) is 4.56. The molecule has 0 N–H and O–H groups in total. The Hall–Kier alpha value is -2.48. The van der Waals surface area contributed by atoms with Crippen LogP contribution in [0.15, 0.2) is 60.8 Å². The van der Waals surface area contributed by atoms with Crippen LogP contribution in [-0.2, 0) is 17.6 Å². The number of Topliss-reactive ketones (excluding diaryl/α,β-unsaturated/α-hetero) is 1. The molecule has 102 valence electrons. The Morgan fingerprint density at radius 3 is 2.76 bits per heavy atom. The zero-order valence-corrected chi connectivity index (χ0v) is 11.6. The summed E-state index contributed by atoms with van der Waals surface area (Å²) in [5, 5.41) is 1.08. The Morgan fingerprint density at radius 1 is 1.05 bits per heavy atom. The summed E-state index contributed by atoms with van der Waals surface area (Å²) in [6, 6.07) is 18.2. The molecule has 1 aromatic heterocycles. The lowest BCUT2D eigenvalue weighted by Crippen LogP contribution is -2.26. The molecular weight excluding hydrogens is 258 g/mol. The van der Waals surface area contributed by atoms with Gasteiger partial charge < -0.3 is 0 Å². The number of nitrogens with zero attached hydrogens (tertiary/aromatic N) is 1. The van der Waals surface area contributed by atoms with E-state index in [2.05, 4.69) is 17.1 Å². The van der Waals surface area contributed by atoms with E-state index in [-0.39, 0.29) is 5.92 Å². The summed E-state index contributed by atoms with van der Waals surface area (Å²) in [5.74, 6) is 0.387. The highest BCUT2D eigenvalue weighted by Crippen LogP contribution is 2.36. The van der Waals surface area contributed by atoms with Crippen LogP contribution in [0.3, 0.4) is 0 Å². The van der Waals surface area contributed by atoms with Gasteiger partial charge in [-0.3, -0.25) is 9.78 Å². The molecule has 21 heavy (non-hydrogen) atoms. The molecule has 2 aromatic carbocycles. The smallest absolute Gasteiger partial charge is 0.145 e. The Kier molecular flexibility index (Phi) is 2.81. The third-order valence-corrected chi connectivity index (χ3v) is 4.35. The van der Waals surface area contributed by atoms with Gasteiger partial charge in [0, 0.05) is 23.9 Å². The Bertz CT molecular complexity index is 832. The lowest BCUT2D eigenvalue weighted by Gasteiger charge is -2.28. The van der Waals surface area contributed by atoms with Crippen LogP contribution in [0, 0.1) is 0 Å². The molecule has 3 aromatic rings. The van der Waals surface area contributed by atoms with Gasteiger partial charge in [0.25, 0.3) is 0 Å². The van der Waals surface area contributed by atoms with Crippen molar-refractivity contribution in [2.75, 3.05) is 0 Å². The monoisotopic (exact) mass is 273 g/mol. The number of benzene rings is 2. The second-order valence-corrected chi connectivity index (χ2v) is 5.59. The maximum Gasteiger partial charge on any atom is 0.145 e. The maximum absolute atomic E-state index is 12.6. The van der Waals surface area contributed by atoms with Crippen molar-refractivity contribution in [1.29, 1.82) is 0 Å². The lowest BCUT2D eigenvalue weighted by atomic mass is 9.74. The maximum atomic E-state index is 12.6. The molecule has 1 aliphatic rings. The summed E-state index contributed by atoms with van der Waals surface area (Å²) in [6.07, 6.45) is 3.17. The minimum Gasteiger partial charge on any atom is -0.299 e. The molecule has 0 spiro atoms. The van der Waals surface area contributed by atoms with Crippen LogP contribution < -0.4 is 0 Å². The topological polar surface area (TPSA) is 30.0 Å². The highest BCUT2D eigenvalue weighted by atomic mass is 16.1. The fourth-order valence-electron chi connectivity index (χ4n) is 3.17. The number of ketones is 1. The molecule has 4 rings (SSSR count). The van der Waals surface area contributed by atoms with Gasteiger partial charge in [-0.15, -0.1) is 0 Å². The fourth-order valence-corrected chi connectivity index (χ4v) is 3.17. The Labute approximate surface area is 123 Å². The highest BCUT2D eigenvalue weighted by molar-refractivity contribution is 5.94. The van der Waals surface area contributed by atoms with Gasteiger partial charge in [-0.25, -0.2) is 0 Å². The van der Waals surface area contributed by atoms with Gasteiger partial charge in [0.2, 0.25) is 0 Å². The van der Waals surface area contributed by atoms with Crippen molar-refractivity contribution in [3.63, 3.8) is 0 Å². The van der Waals surface area contributed by atoms with Crippen LogP contribution in [0.4, 0.5) is 0 Å². The van der Waals surface area contributed by atoms with Gasteiger partial charge in [-0.2, -0.15) is 0 Å². The Balaban J connectivity index is 1.63. The van der Waals surface area contributed by atoms with E-state index < -0.39 is 0 Å². The van der Waals surface area contributed by atoms with E-state index >= 15 is 0 Å². The van der Waals surface area contributed by atoms with E-state index in [4.69, 9.17) is 0 Å². The summed E-state index contributed by atoms with van der Waals surface area (Å²) in [7, 11) is 0. The molecular formula is C19H15NO. The molecule has 0 saturated carbocycles. The standard InChI is InChI=1S/C19H15NO/c21-19(17-11-13-5-1-2-6-15(13)17)12-14-9-10-20-18-8-4-3-7-16(14)18/h1-10,17H,11-12H2. The number of hydrogen-bond donors (Lipinski definition) is 0. The largest absolute Gasteiger partial charge is 0.299 e. The van der Waals surface area contributed by atoms with E-state index in [1.807, 2.05) is 42.5 Å². The normalized spacial score (nSPS) is 16.3. The molecule has 0 bridgehead atoms. The zero-order chi connectivity index (χ0) is 14.2. The zero-order valence-electron chi connectivity index (χ0n) is 11.6. The van der Waals surface area contributed by atoms with Gasteiger partial charge in [0.15, 0.2) is 0 Å². The first-order valence-corrected chi connectivity index (χ1v) is 7.26. The van der Waals surface area contributed by atoms with E-state index in [0.717, 1.165) is 22.9 Å². The van der Waals surface area contributed by atoms with Crippen molar-refractivity contribution in [3.8, 4) is 0 Å². The third kappa shape index (κ3) is 2.04. The quantitative estimate of drug-likeness (QED) is 0.728. The SMILES string of the molecule is O=C(Cc1ccnc2ccccc12)C1Cc2ccccc21. The number of hydrogen-bond acceptors (Lipinski definition) is 2. The van der Waals surface area contributed by atoms with Crippen molar-refractivity contribution < 1.29 is 4.79 Å². The Morgan fingerprint density at radius 2 is 1.86 bits per heavy atom. The molecule has 1 unspecified atom stereocenters. The van der Waals surface area contributed by atoms with Gasteiger partial charge in [0.05, 0.1) is 5.52 Å². The van der Waals surface area contributed by atoms with Crippen molar-refractivity contribution >= 4 is 16.7 Å². The predicted octanol–water partition coefficient (Wildman–Crippen LogP) is 3.69. The van der Waals surface area contributed by atoms with Gasteiger partial charge in [-0.1, -0.05) is 42.5 Å². The van der Waals surface area contributed by atoms with Gasteiger partial charge >= 0.3 is 0 Å². The average Bonchev–Trinajstić information content (AvgIpc) is 2.49. The summed E-state index contributed by atoms with van der Waals surface area (Å²) >= 11 is 0. The first-order chi connectivity index (χ1) is 10.3. The van der Waals surface area contributed by atoms with Crippen molar-refractivity contribution in [2.45, 2.75) is 18.8 Å². The van der Waals surface area contributed by atoms with Crippen LogP contribution in [0.5, 0.6) is 0 Å². The molecule has 0 saturated heterocycles. The number of carbonyl (C=O) groups excluding carboxylic acids is 1. The molecule has 0 radical (unpaired) electrons. The number of aromatic nitrogens is 1. The summed E-state index contributed by atoms with van der Waals surface area (Å²) < 4.78 is 0. The molecule has 2 heteroatoms. The van der Waals surface area contributed by atoms with E-state index in [1.54, 1.807) is 6.20 Å². The average molecular weight is 273 g/mol. The van der Waals surface area contributed by atoms with Gasteiger partial charge in [0.1, 0.15) is 5.78 Å². The molecule has 2 nitrogen and oxygen atoms in total. The number of pyridine rings is 1. The second kappa shape index (κ2) is 4.81. The number of fused-ring (bicyclic) bond motifs is 2. The van der Waals surface area contributed by atoms with Crippen LogP contribution in [0.2, 0.25) is 0 Å². The second-order valence-electron chi connectivity index (χ2n) is 5.59. The lowest BCUT2D eigenvalue weighted by molar-refractivity contribution is -0.120. The molecule has 0 aliphatic heterocycles. The van der Waals surface area contributed by atoms with Crippen LogP contribution in [0.25, 0.3) is 10.9 Å². The molecule has 0 amide bonds. The number of carbonyl (C=O) groups is 1. The van der Waals surface area contributed by atoms with E-state index in [9.17, 15) is 4.79 Å². The van der Waals surface area contributed by atoms with Crippen molar-refractivity contribution in [3.05, 3.63) is 77.5 Å². The van der Waals surface area contributed by atoms with Crippen LogP contribution in [0.1, 0.15) is 22.6 Å². The van der Waals surface area contributed by atoms with Crippen LogP contribution >= 0.6 is 0 Å². The predicted molar refractivity (Wildman–Crippen MR) is 83.3 cm³/mol. The van der Waals surface area contributed by atoms with Gasteiger partial charge in [-0.05, 0) is 35.2 Å². The first-order valence-electron chi connectivity index (χ1n) is 7.26. The van der Waals surface area contributed by atoms with Crippen LogP contribution in [-0.4, -0.2) is 10.8 Å². The molecule has 0 fully saturated rings. The molecule has 1 heterocycles. The minimum absolute atomic E-state index is 0.0770. The summed E-state index contributed by atoms with van der Waals surface area (Å²) in [4.78, 5) is 16.9.